The Morgan fingerprint density at radius 2 is 2.00 bits per heavy atom. The Kier molecular flexibility index (Phi) is 4.44. The van der Waals surface area contributed by atoms with Crippen molar-refractivity contribution in [2.45, 2.75) is 17.1 Å². The lowest BCUT2D eigenvalue weighted by Crippen LogP contribution is -2.38. The van der Waals surface area contributed by atoms with Gasteiger partial charge in [-0.05, 0) is 18.9 Å². The fourth-order valence-electron chi connectivity index (χ4n) is 1.97. The summed E-state index contributed by atoms with van der Waals surface area (Å²) in [7, 11) is -3.30. The highest BCUT2D eigenvalue weighted by Crippen LogP contribution is 2.19. The highest BCUT2D eigenvalue weighted by Gasteiger charge is 2.19. The number of carbonyl (C=O) groups is 2. The molecule has 1 aromatic heterocycles. The van der Waals surface area contributed by atoms with Crippen molar-refractivity contribution in [3.63, 3.8) is 0 Å². The van der Waals surface area contributed by atoms with Crippen LogP contribution in [-0.2, 0) is 14.6 Å². The average molecular weight is 316 g/mol. The van der Waals surface area contributed by atoms with Crippen LogP contribution in [0.25, 0.3) is 0 Å². The van der Waals surface area contributed by atoms with Crippen molar-refractivity contribution in [2.24, 2.45) is 0 Å². The second-order valence-corrected chi connectivity index (χ2v) is 7.85. The maximum atomic E-state index is 11.8. The molecular weight excluding hydrogens is 300 g/mol. The molecule has 1 aliphatic heterocycles. The van der Waals surface area contributed by atoms with Crippen molar-refractivity contribution in [3.05, 3.63) is 17.0 Å². The topological polar surface area (TPSA) is 83.5 Å². The van der Waals surface area contributed by atoms with Crippen LogP contribution >= 0.6 is 11.3 Å². The number of nitrogens with zero attached hydrogens (tertiary/aromatic N) is 1. The minimum atomic E-state index is -3.30. The highest BCUT2D eigenvalue weighted by atomic mass is 32.2. The third-order valence-electron chi connectivity index (χ3n) is 3.06. The smallest absolute Gasteiger partial charge is 0.252 e. The fraction of sp³-hybridized carbons (Fsp3) is 0.500. The minimum Gasteiger partial charge on any atom is -0.343 e. The maximum absolute atomic E-state index is 11.8. The van der Waals surface area contributed by atoms with Crippen molar-refractivity contribution in [1.82, 2.24) is 10.2 Å². The Bertz CT molecular complexity index is 615. The van der Waals surface area contributed by atoms with Crippen LogP contribution in [0, 0.1) is 0 Å². The third kappa shape index (κ3) is 3.57. The SMILES string of the molecule is CS(=O)(=O)c1cc(C(=O)NCC(=O)N2CCCC2)cs1. The lowest BCUT2D eigenvalue weighted by molar-refractivity contribution is -0.129. The molecule has 6 nitrogen and oxygen atoms in total. The van der Waals surface area contributed by atoms with Gasteiger partial charge in [0.15, 0.2) is 9.84 Å². The minimum absolute atomic E-state index is 0.0527. The van der Waals surface area contributed by atoms with E-state index in [1.807, 2.05) is 0 Å². The van der Waals surface area contributed by atoms with E-state index in [-0.39, 0.29) is 22.2 Å². The Morgan fingerprint density at radius 1 is 1.35 bits per heavy atom. The Hall–Kier alpha value is -1.41. The van der Waals surface area contributed by atoms with Gasteiger partial charge in [-0.25, -0.2) is 8.42 Å². The van der Waals surface area contributed by atoms with Gasteiger partial charge in [-0.3, -0.25) is 9.59 Å². The van der Waals surface area contributed by atoms with E-state index in [1.54, 1.807) is 4.90 Å². The highest BCUT2D eigenvalue weighted by molar-refractivity contribution is 7.92. The second kappa shape index (κ2) is 5.92. The molecule has 1 aliphatic rings. The van der Waals surface area contributed by atoms with E-state index in [0.29, 0.717) is 0 Å². The lowest BCUT2D eigenvalue weighted by Gasteiger charge is -2.15. The molecule has 8 heteroatoms. The zero-order chi connectivity index (χ0) is 14.8. The monoisotopic (exact) mass is 316 g/mol. The molecule has 0 atom stereocenters. The molecule has 0 spiro atoms. The van der Waals surface area contributed by atoms with Gasteiger partial charge in [0, 0.05) is 24.7 Å². The summed E-state index contributed by atoms with van der Waals surface area (Å²) in [6.45, 7) is 1.43. The van der Waals surface area contributed by atoms with Crippen LogP contribution in [0.2, 0.25) is 0 Å². The lowest BCUT2D eigenvalue weighted by atomic mass is 10.3. The number of carbonyl (C=O) groups excluding carboxylic acids is 2. The number of likely N-dealkylation sites (tertiary alicyclic amines) is 1. The zero-order valence-electron chi connectivity index (χ0n) is 11.1. The van der Waals surface area contributed by atoms with E-state index in [4.69, 9.17) is 0 Å². The number of nitrogens with one attached hydrogen (secondary N) is 1. The first kappa shape index (κ1) is 15.0. The first-order valence-electron chi connectivity index (χ1n) is 6.22. The van der Waals surface area contributed by atoms with Gasteiger partial charge in [-0.1, -0.05) is 0 Å². The Morgan fingerprint density at radius 3 is 2.55 bits per heavy atom. The average Bonchev–Trinajstić information content (AvgIpc) is 3.04. The normalized spacial score (nSPS) is 15.3. The van der Waals surface area contributed by atoms with Crippen LogP contribution in [0.5, 0.6) is 0 Å². The summed E-state index contributed by atoms with van der Waals surface area (Å²) in [6, 6.07) is 1.33. The van der Waals surface area contributed by atoms with Crippen molar-refractivity contribution in [3.8, 4) is 0 Å². The van der Waals surface area contributed by atoms with Crippen molar-refractivity contribution < 1.29 is 18.0 Å². The molecule has 2 rings (SSSR count). The van der Waals surface area contributed by atoms with Gasteiger partial charge >= 0.3 is 0 Å². The summed E-state index contributed by atoms with van der Waals surface area (Å²) in [5, 5.41) is 4.00. The molecule has 1 saturated heterocycles. The maximum Gasteiger partial charge on any atom is 0.252 e. The molecule has 1 fully saturated rings. The summed E-state index contributed by atoms with van der Waals surface area (Å²) in [5.74, 6) is -0.530. The van der Waals surface area contributed by atoms with Gasteiger partial charge in [-0.15, -0.1) is 11.3 Å². The summed E-state index contributed by atoms with van der Waals surface area (Å²) in [5.41, 5.74) is 0.268. The molecular formula is C12H16N2O4S2. The van der Waals surface area contributed by atoms with Gasteiger partial charge in [0.05, 0.1) is 12.1 Å². The van der Waals surface area contributed by atoms with E-state index >= 15 is 0 Å². The van der Waals surface area contributed by atoms with Crippen LogP contribution in [0.4, 0.5) is 0 Å². The van der Waals surface area contributed by atoms with Gasteiger partial charge in [0.2, 0.25) is 5.91 Å². The quantitative estimate of drug-likeness (QED) is 0.877. The van der Waals surface area contributed by atoms with Crippen LogP contribution in [-0.4, -0.2) is 51.0 Å². The number of amides is 2. The summed E-state index contributed by atoms with van der Waals surface area (Å²) >= 11 is 1.00. The van der Waals surface area contributed by atoms with E-state index < -0.39 is 15.7 Å². The molecule has 0 unspecified atom stereocenters. The largest absolute Gasteiger partial charge is 0.343 e. The predicted molar refractivity (Wildman–Crippen MR) is 75.6 cm³/mol. The molecule has 0 saturated carbocycles. The molecule has 2 amide bonds. The van der Waals surface area contributed by atoms with E-state index in [9.17, 15) is 18.0 Å². The van der Waals surface area contributed by atoms with Gasteiger partial charge in [0.1, 0.15) is 4.21 Å². The molecule has 0 aliphatic carbocycles. The standard InChI is InChI=1S/C12H16N2O4S2/c1-20(17,18)11-6-9(8-19-11)12(16)13-7-10(15)14-4-2-3-5-14/h6,8H,2-5,7H2,1H3,(H,13,16). The Balaban J connectivity index is 1.92. The molecule has 0 radical (unpaired) electrons. The fourth-order valence-corrected chi connectivity index (χ4v) is 3.76. The number of hydrogen-bond acceptors (Lipinski definition) is 5. The van der Waals surface area contributed by atoms with E-state index in [0.717, 1.165) is 43.5 Å². The van der Waals surface area contributed by atoms with Crippen LogP contribution in [0.1, 0.15) is 23.2 Å². The van der Waals surface area contributed by atoms with Crippen LogP contribution in [0.15, 0.2) is 15.7 Å². The molecule has 20 heavy (non-hydrogen) atoms. The number of sulfone groups is 1. The second-order valence-electron chi connectivity index (χ2n) is 4.70. The summed E-state index contributed by atoms with van der Waals surface area (Å²) < 4.78 is 22.8. The molecule has 110 valence electrons. The third-order valence-corrected chi connectivity index (χ3v) is 5.83. The van der Waals surface area contributed by atoms with Crippen molar-refractivity contribution in [2.75, 3.05) is 25.9 Å². The first-order chi connectivity index (χ1) is 9.38. The van der Waals surface area contributed by atoms with Gasteiger partial charge < -0.3 is 10.2 Å². The van der Waals surface area contributed by atoms with Gasteiger partial charge in [0.25, 0.3) is 5.91 Å². The number of rotatable bonds is 4. The van der Waals surface area contributed by atoms with Crippen LogP contribution < -0.4 is 5.32 Å². The summed E-state index contributed by atoms with van der Waals surface area (Å²) in [6.07, 6.45) is 3.10. The number of hydrogen-bond donors (Lipinski definition) is 1. The van der Waals surface area contributed by atoms with E-state index in [1.165, 1.54) is 11.4 Å². The molecule has 2 heterocycles. The van der Waals surface area contributed by atoms with E-state index in [2.05, 4.69) is 5.32 Å². The van der Waals surface area contributed by atoms with Crippen molar-refractivity contribution in [1.29, 1.82) is 0 Å². The van der Waals surface area contributed by atoms with Crippen LogP contribution in [0.3, 0.4) is 0 Å². The molecule has 1 aromatic rings. The number of thiophene rings is 1. The molecule has 0 bridgehead atoms. The molecule has 1 N–H and O–H groups in total. The predicted octanol–water partition coefficient (Wildman–Crippen LogP) is 0.504. The van der Waals surface area contributed by atoms with Gasteiger partial charge in [-0.2, -0.15) is 0 Å². The first-order valence-corrected chi connectivity index (χ1v) is 8.99. The summed E-state index contributed by atoms with van der Waals surface area (Å²) in [4.78, 5) is 25.3. The zero-order valence-corrected chi connectivity index (χ0v) is 12.7. The van der Waals surface area contributed by atoms with Crippen molar-refractivity contribution >= 4 is 33.0 Å². The molecule has 0 aromatic carbocycles. The Labute approximate surface area is 121 Å².